The van der Waals surface area contributed by atoms with E-state index in [0.29, 0.717) is 19.8 Å². The van der Waals surface area contributed by atoms with Crippen LogP contribution in [-0.4, -0.2) is 26.3 Å². The lowest BCUT2D eigenvalue weighted by molar-refractivity contribution is -0.294. The van der Waals surface area contributed by atoms with Gasteiger partial charge in [-0.2, -0.15) is 0 Å². The molecule has 0 saturated heterocycles. The highest BCUT2D eigenvalue weighted by Crippen LogP contribution is 1.94. The van der Waals surface area contributed by atoms with Crippen molar-refractivity contribution in [2.45, 2.75) is 25.7 Å². The van der Waals surface area contributed by atoms with Crippen molar-refractivity contribution in [1.82, 2.24) is 0 Å². The molecule has 0 spiro atoms. The second-order valence-corrected chi connectivity index (χ2v) is 2.64. The maximum atomic E-state index is 5.32. The summed E-state index contributed by atoms with van der Waals surface area (Å²) in [7, 11) is 0. The second kappa shape index (κ2) is 10.8. The van der Waals surface area contributed by atoms with Gasteiger partial charge in [-0.25, -0.2) is 9.78 Å². The minimum Gasteiger partial charge on any atom is -0.330 e. The molecule has 0 heterocycles. The average Bonchev–Trinajstić information content (AvgIpc) is 2.10. The molecule has 0 saturated carbocycles. The molecule has 0 fully saturated rings. The molecular formula is C8H20N2O2. The predicted molar refractivity (Wildman–Crippen MR) is 48.5 cm³/mol. The van der Waals surface area contributed by atoms with E-state index in [0.717, 1.165) is 32.2 Å². The lowest BCUT2D eigenvalue weighted by Gasteiger charge is -2.02. The largest absolute Gasteiger partial charge is 0.330 e. The Balaban J connectivity index is 2.73. The molecular weight excluding hydrogens is 156 g/mol. The summed E-state index contributed by atoms with van der Waals surface area (Å²) in [5.41, 5.74) is 10.6. The summed E-state index contributed by atoms with van der Waals surface area (Å²) in [5.74, 6) is 0. The van der Waals surface area contributed by atoms with E-state index < -0.39 is 0 Å². The Morgan fingerprint density at radius 3 is 1.83 bits per heavy atom. The second-order valence-electron chi connectivity index (χ2n) is 2.64. The van der Waals surface area contributed by atoms with Crippen molar-refractivity contribution >= 4 is 0 Å². The van der Waals surface area contributed by atoms with Gasteiger partial charge in [0.25, 0.3) is 0 Å². The molecule has 0 atom stereocenters. The van der Waals surface area contributed by atoms with Crippen molar-refractivity contribution in [3.63, 3.8) is 0 Å². The van der Waals surface area contributed by atoms with E-state index in [2.05, 4.69) is 0 Å². The predicted octanol–water partition coefficient (Wildman–Crippen LogP) is 0.412. The van der Waals surface area contributed by atoms with Gasteiger partial charge in [0, 0.05) is 0 Å². The third-order valence-corrected chi connectivity index (χ3v) is 1.45. The number of hydrogen-bond acceptors (Lipinski definition) is 4. The zero-order valence-electron chi connectivity index (χ0n) is 7.63. The smallest absolute Gasteiger partial charge is 0.0834 e. The zero-order chi connectivity index (χ0) is 9.07. The first-order valence-corrected chi connectivity index (χ1v) is 4.56. The van der Waals surface area contributed by atoms with Gasteiger partial charge in [-0.3, -0.25) is 0 Å². The van der Waals surface area contributed by atoms with Crippen molar-refractivity contribution in [2.75, 3.05) is 26.3 Å². The van der Waals surface area contributed by atoms with Crippen molar-refractivity contribution in [2.24, 2.45) is 11.5 Å². The summed E-state index contributed by atoms with van der Waals surface area (Å²) in [4.78, 5) is 9.73. The number of nitrogens with two attached hydrogens (primary N) is 2. The van der Waals surface area contributed by atoms with Crippen LogP contribution in [0.15, 0.2) is 0 Å². The van der Waals surface area contributed by atoms with Crippen LogP contribution in [0.1, 0.15) is 25.7 Å². The highest BCUT2D eigenvalue weighted by molar-refractivity contribution is 4.39. The van der Waals surface area contributed by atoms with Crippen LogP contribution in [0, 0.1) is 0 Å². The monoisotopic (exact) mass is 176 g/mol. The molecule has 0 radical (unpaired) electrons. The van der Waals surface area contributed by atoms with E-state index in [1.807, 2.05) is 0 Å². The SMILES string of the molecule is NCCCCCOOCCCN. The van der Waals surface area contributed by atoms with Crippen LogP contribution >= 0.6 is 0 Å². The van der Waals surface area contributed by atoms with E-state index in [-0.39, 0.29) is 0 Å². The third-order valence-electron chi connectivity index (χ3n) is 1.45. The van der Waals surface area contributed by atoms with Crippen LogP contribution in [0.3, 0.4) is 0 Å². The lowest BCUT2D eigenvalue weighted by Crippen LogP contribution is -2.05. The van der Waals surface area contributed by atoms with Crippen LogP contribution in [0.5, 0.6) is 0 Å². The zero-order valence-corrected chi connectivity index (χ0v) is 7.63. The van der Waals surface area contributed by atoms with Crippen molar-refractivity contribution < 1.29 is 9.78 Å². The first kappa shape index (κ1) is 11.8. The molecule has 0 aromatic rings. The Labute approximate surface area is 74.1 Å². The first-order valence-electron chi connectivity index (χ1n) is 4.56. The van der Waals surface area contributed by atoms with E-state index in [4.69, 9.17) is 21.2 Å². The number of hydrogen-bond donors (Lipinski definition) is 2. The molecule has 0 bridgehead atoms. The maximum absolute atomic E-state index is 5.32. The minimum absolute atomic E-state index is 0.591. The van der Waals surface area contributed by atoms with Gasteiger partial charge in [-0.05, 0) is 38.8 Å². The molecule has 0 aliphatic rings. The molecule has 74 valence electrons. The standard InChI is InChI=1S/C8H20N2O2/c9-5-2-1-3-7-11-12-8-4-6-10/h1-10H2. The van der Waals surface area contributed by atoms with Gasteiger partial charge in [0.2, 0.25) is 0 Å². The summed E-state index contributed by atoms with van der Waals surface area (Å²) < 4.78 is 0. The van der Waals surface area contributed by atoms with Gasteiger partial charge in [0.1, 0.15) is 0 Å². The highest BCUT2D eigenvalue weighted by Gasteiger charge is 1.89. The van der Waals surface area contributed by atoms with Crippen molar-refractivity contribution in [3.8, 4) is 0 Å². The van der Waals surface area contributed by atoms with Gasteiger partial charge in [-0.15, -0.1) is 0 Å². The van der Waals surface area contributed by atoms with Gasteiger partial charge in [-0.1, -0.05) is 0 Å². The third kappa shape index (κ3) is 9.84. The van der Waals surface area contributed by atoms with Crippen LogP contribution in [0.2, 0.25) is 0 Å². The Kier molecular flexibility index (Phi) is 10.7. The highest BCUT2D eigenvalue weighted by atomic mass is 17.2. The number of rotatable bonds is 9. The minimum atomic E-state index is 0.591. The molecule has 0 unspecified atom stereocenters. The normalized spacial score (nSPS) is 10.5. The van der Waals surface area contributed by atoms with Gasteiger partial charge in [0.15, 0.2) is 0 Å². The molecule has 4 heteroatoms. The van der Waals surface area contributed by atoms with Gasteiger partial charge < -0.3 is 11.5 Å². The topological polar surface area (TPSA) is 70.5 Å². The molecule has 0 rings (SSSR count). The molecule has 0 aromatic heterocycles. The van der Waals surface area contributed by atoms with E-state index in [9.17, 15) is 0 Å². The fourth-order valence-corrected chi connectivity index (χ4v) is 0.742. The molecule has 0 amide bonds. The average molecular weight is 176 g/mol. The maximum Gasteiger partial charge on any atom is 0.0834 e. The van der Waals surface area contributed by atoms with Crippen LogP contribution < -0.4 is 11.5 Å². The summed E-state index contributed by atoms with van der Waals surface area (Å²) in [5, 5.41) is 0. The molecule has 0 aromatic carbocycles. The van der Waals surface area contributed by atoms with Gasteiger partial charge in [0.05, 0.1) is 13.2 Å². The Hall–Kier alpha value is -0.160. The fourth-order valence-electron chi connectivity index (χ4n) is 0.742. The first-order chi connectivity index (χ1) is 5.91. The molecule has 4 N–H and O–H groups in total. The van der Waals surface area contributed by atoms with Gasteiger partial charge >= 0.3 is 0 Å². The lowest BCUT2D eigenvalue weighted by atomic mass is 10.2. The fraction of sp³-hybridized carbons (Fsp3) is 1.00. The molecule has 0 aliphatic carbocycles. The Morgan fingerprint density at radius 2 is 1.25 bits per heavy atom. The Morgan fingerprint density at radius 1 is 0.667 bits per heavy atom. The van der Waals surface area contributed by atoms with Crippen LogP contribution in [0.25, 0.3) is 0 Å². The summed E-state index contributed by atoms with van der Waals surface area (Å²) in [6.45, 7) is 2.66. The van der Waals surface area contributed by atoms with Crippen LogP contribution in [0.4, 0.5) is 0 Å². The van der Waals surface area contributed by atoms with E-state index >= 15 is 0 Å². The molecule has 0 aliphatic heterocycles. The molecule has 4 nitrogen and oxygen atoms in total. The summed E-state index contributed by atoms with van der Waals surface area (Å²) in [6, 6.07) is 0. The Bertz CT molecular complexity index is 71.5. The van der Waals surface area contributed by atoms with Crippen molar-refractivity contribution in [1.29, 1.82) is 0 Å². The molecule has 12 heavy (non-hydrogen) atoms. The number of unbranched alkanes of at least 4 members (excludes halogenated alkanes) is 2. The van der Waals surface area contributed by atoms with E-state index in [1.165, 1.54) is 0 Å². The van der Waals surface area contributed by atoms with Crippen LogP contribution in [-0.2, 0) is 9.78 Å². The quantitative estimate of drug-likeness (QED) is 0.303. The summed E-state index contributed by atoms with van der Waals surface area (Å²) >= 11 is 0. The summed E-state index contributed by atoms with van der Waals surface area (Å²) in [6.07, 6.45) is 4.03. The van der Waals surface area contributed by atoms with Crippen molar-refractivity contribution in [3.05, 3.63) is 0 Å². The van der Waals surface area contributed by atoms with E-state index in [1.54, 1.807) is 0 Å².